The average molecular weight is 545 g/mol. The van der Waals surface area contributed by atoms with Crippen LogP contribution >= 0.6 is 46.5 Å². The standard InChI is InChI=1S/C25H33ClO5S3/c1-25(2)23(30)17(22(24(25)31)33-13-5-12-32-14-20(28)29)10-8-15(27)9-11-19-21(26)16-6-3-4-7-18(16)34-19/h3-4,6-7,15,17,22-23,27,30H,5,8-14H2,1-2H3,(H,28,29)/t15?,17-,22-,23+/m1/s1. The molecule has 0 spiro atoms. The first kappa shape index (κ1) is 27.8. The predicted octanol–water partition coefficient (Wildman–Crippen LogP) is 5.52. The Kier molecular flexibility index (Phi) is 10.2. The quantitative estimate of drug-likeness (QED) is 0.286. The van der Waals surface area contributed by atoms with E-state index < -0.39 is 23.6 Å². The second-order valence-corrected chi connectivity index (χ2v) is 13.3. The van der Waals surface area contributed by atoms with Crippen molar-refractivity contribution in [2.24, 2.45) is 11.3 Å². The molecular formula is C25H33ClO5S3. The molecule has 3 rings (SSSR count). The molecule has 0 bridgehead atoms. The molecular weight excluding hydrogens is 512 g/mol. The second kappa shape index (κ2) is 12.5. The zero-order valence-corrected chi connectivity index (χ0v) is 22.7. The molecule has 5 nitrogen and oxygen atoms in total. The fourth-order valence-corrected chi connectivity index (χ4v) is 8.44. The van der Waals surface area contributed by atoms with Gasteiger partial charge in [-0.3, -0.25) is 9.59 Å². The van der Waals surface area contributed by atoms with Crippen LogP contribution in [0.15, 0.2) is 24.3 Å². The van der Waals surface area contributed by atoms with Gasteiger partial charge >= 0.3 is 5.97 Å². The van der Waals surface area contributed by atoms with Crippen molar-refractivity contribution in [2.45, 2.75) is 63.4 Å². The molecule has 0 aliphatic heterocycles. The van der Waals surface area contributed by atoms with Crippen molar-refractivity contribution in [2.75, 3.05) is 17.3 Å². The molecule has 3 N–H and O–H groups in total. The van der Waals surface area contributed by atoms with Gasteiger partial charge in [-0.15, -0.1) is 11.3 Å². The summed E-state index contributed by atoms with van der Waals surface area (Å²) >= 11 is 11.1. The van der Waals surface area contributed by atoms with Gasteiger partial charge in [-0.1, -0.05) is 43.6 Å². The Hall–Kier alpha value is -0.770. The first-order valence-corrected chi connectivity index (χ1v) is 15.0. The first-order valence-electron chi connectivity index (χ1n) is 11.6. The first-order chi connectivity index (χ1) is 16.1. The number of halogens is 1. The summed E-state index contributed by atoms with van der Waals surface area (Å²) in [6, 6.07) is 8.02. The van der Waals surface area contributed by atoms with Gasteiger partial charge in [0.2, 0.25) is 0 Å². The third-order valence-corrected chi connectivity index (χ3v) is 10.8. The highest BCUT2D eigenvalue weighted by molar-refractivity contribution is 8.01. The maximum atomic E-state index is 13.0. The number of rotatable bonds is 13. The molecule has 0 saturated heterocycles. The molecule has 1 heterocycles. The van der Waals surface area contributed by atoms with Crippen LogP contribution in [0.3, 0.4) is 0 Å². The maximum absolute atomic E-state index is 13.0. The zero-order valence-electron chi connectivity index (χ0n) is 19.5. The molecule has 34 heavy (non-hydrogen) atoms. The van der Waals surface area contributed by atoms with Crippen LogP contribution in [0, 0.1) is 11.3 Å². The van der Waals surface area contributed by atoms with Gasteiger partial charge in [0.05, 0.1) is 33.6 Å². The number of benzene rings is 1. The number of Topliss-reactive ketones (excluding diaryl/α,β-unsaturated/α-hetero) is 1. The van der Waals surface area contributed by atoms with Crippen LogP contribution in [-0.2, 0) is 16.0 Å². The van der Waals surface area contributed by atoms with Crippen LogP contribution in [0.5, 0.6) is 0 Å². The minimum atomic E-state index is -0.818. The number of aliphatic carboxylic acids is 1. The number of aliphatic hydroxyl groups excluding tert-OH is 2. The Labute approximate surface area is 218 Å². The van der Waals surface area contributed by atoms with Crippen LogP contribution in [0.1, 0.15) is 44.4 Å². The fraction of sp³-hybridized carbons (Fsp3) is 0.600. The Balaban J connectivity index is 1.51. The van der Waals surface area contributed by atoms with E-state index in [4.69, 9.17) is 16.7 Å². The number of carbonyl (C=O) groups is 2. The van der Waals surface area contributed by atoms with Gasteiger partial charge in [0, 0.05) is 20.9 Å². The van der Waals surface area contributed by atoms with Crippen molar-refractivity contribution >= 4 is 68.3 Å². The number of thioether (sulfide) groups is 2. The lowest BCUT2D eigenvalue weighted by Crippen LogP contribution is -2.32. The molecule has 2 aromatic rings. The SMILES string of the molecule is CC1(C)C(=O)[C@H](SCCCSCC(=O)O)[C@@H](CCC(O)CCc2sc3ccccc3c2Cl)[C@@H]1O. The molecule has 1 unspecified atom stereocenters. The van der Waals surface area contributed by atoms with Crippen molar-refractivity contribution in [3.63, 3.8) is 0 Å². The molecule has 1 fully saturated rings. The number of carbonyl (C=O) groups excluding carboxylic acids is 1. The lowest BCUT2D eigenvalue weighted by Gasteiger charge is -2.25. The number of thiophene rings is 1. The number of carboxylic acid groups (broad SMARTS) is 1. The number of ketones is 1. The summed E-state index contributed by atoms with van der Waals surface area (Å²) in [5.41, 5.74) is -0.796. The molecule has 1 saturated carbocycles. The highest BCUT2D eigenvalue weighted by atomic mass is 35.5. The van der Waals surface area contributed by atoms with Crippen molar-refractivity contribution in [3.05, 3.63) is 34.2 Å². The number of hydrogen-bond donors (Lipinski definition) is 3. The molecule has 0 radical (unpaired) electrons. The summed E-state index contributed by atoms with van der Waals surface area (Å²) in [5.74, 6) is 0.625. The number of aryl methyl sites for hydroxylation is 1. The van der Waals surface area contributed by atoms with Crippen molar-refractivity contribution < 1.29 is 24.9 Å². The van der Waals surface area contributed by atoms with Gasteiger partial charge in [-0.2, -0.15) is 23.5 Å². The van der Waals surface area contributed by atoms with Crippen LogP contribution in [0.2, 0.25) is 5.02 Å². The highest BCUT2D eigenvalue weighted by Gasteiger charge is 2.54. The van der Waals surface area contributed by atoms with Crippen LogP contribution in [0.25, 0.3) is 10.1 Å². The van der Waals surface area contributed by atoms with Crippen LogP contribution in [0.4, 0.5) is 0 Å². The normalized spacial score (nSPS) is 23.0. The van der Waals surface area contributed by atoms with E-state index in [0.717, 1.165) is 37.9 Å². The Morgan fingerprint density at radius 1 is 1.24 bits per heavy atom. The smallest absolute Gasteiger partial charge is 0.313 e. The van der Waals surface area contributed by atoms with Crippen LogP contribution < -0.4 is 0 Å². The molecule has 4 atom stereocenters. The Bertz CT molecular complexity index is 992. The fourth-order valence-electron chi connectivity index (χ4n) is 4.50. The maximum Gasteiger partial charge on any atom is 0.313 e. The molecule has 1 aromatic carbocycles. The molecule has 9 heteroatoms. The molecule has 1 aliphatic carbocycles. The predicted molar refractivity (Wildman–Crippen MR) is 145 cm³/mol. The average Bonchev–Trinajstić information content (AvgIpc) is 3.20. The summed E-state index contributed by atoms with van der Waals surface area (Å²) in [5, 5.41) is 31.8. The highest BCUT2D eigenvalue weighted by Crippen LogP contribution is 2.46. The van der Waals surface area contributed by atoms with Crippen molar-refractivity contribution in [3.8, 4) is 0 Å². The van der Waals surface area contributed by atoms with Gasteiger partial charge < -0.3 is 15.3 Å². The van der Waals surface area contributed by atoms with Crippen molar-refractivity contribution in [1.82, 2.24) is 0 Å². The number of fused-ring (bicyclic) bond motifs is 1. The minimum Gasteiger partial charge on any atom is -0.481 e. The lowest BCUT2D eigenvalue weighted by atomic mass is 9.85. The summed E-state index contributed by atoms with van der Waals surface area (Å²) in [4.78, 5) is 24.7. The lowest BCUT2D eigenvalue weighted by molar-refractivity contribution is -0.134. The zero-order chi connectivity index (χ0) is 24.9. The monoisotopic (exact) mass is 544 g/mol. The largest absolute Gasteiger partial charge is 0.481 e. The Morgan fingerprint density at radius 2 is 1.97 bits per heavy atom. The van der Waals surface area contributed by atoms with E-state index in [1.54, 1.807) is 36.9 Å². The van der Waals surface area contributed by atoms with E-state index in [9.17, 15) is 19.8 Å². The third kappa shape index (κ3) is 6.71. The summed E-state index contributed by atoms with van der Waals surface area (Å²) in [6.07, 6.45) is 1.96. The van der Waals surface area contributed by atoms with E-state index in [-0.39, 0.29) is 22.7 Å². The summed E-state index contributed by atoms with van der Waals surface area (Å²) in [6.45, 7) is 3.60. The minimum absolute atomic E-state index is 0.0692. The van der Waals surface area contributed by atoms with Gasteiger partial charge in [0.1, 0.15) is 0 Å². The molecule has 1 aliphatic rings. The van der Waals surface area contributed by atoms with Crippen molar-refractivity contribution in [1.29, 1.82) is 0 Å². The van der Waals surface area contributed by atoms with Gasteiger partial charge in [0.15, 0.2) is 5.78 Å². The second-order valence-electron chi connectivity index (χ2n) is 9.39. The Morgan fingerprint density at radius 3 is 2.68 bits per heavy atom. The van der Waals surface area contributed by atoms with Crippen LogP contribution in [-0.4, -0.2) is 61.8 Å². The molecule has 1 aromatic heterocycles. The van der Waals surface area contributed by atoms with E-state index >= 15 is 0 Å². The topological polar surface area (TPSA) is 94.8 Å². The van der Waals surface area contributed by atoms with Gasteiger partial charge in [-0.05, 0) is 49.7 Å². The molecule has 188 valence electrons. The van der Waals surface area contributed by atoms with E-state index in [1.807, 2.05) is 18.2 Å². The van der Waals surface area contributed by atoms with E-state index in [0.29, 0.717) is 25.7 Å². The summed E-state index contributed by atoms with van der Waals surface area (Å²) < 4.78 is 1.15. The number of hydrogen-bond acceptors (Lipinski definition) is 7. The third-order valence-electron chi connectivity index (χ3n) is 6.52. The summed E-state index contributed by atoms with van der Waals surface area (Å²) in [7, 11) is 0. The number of carboxylic acids is 1. The van der Waals surface area contributed by atoms with E-state index in [2.05, 4.69) is 6.07 Å². The molecule has 0 amide bonds. The van der Waals surface area contributed by atoms with Gasteiger partial charge in [-0.25, -0.2) is 0 Å². The number of aliphatic hydroxyl groups is 2. The van der Waals surface area contributed by atoms with E-state index in [1.165, 1.54) is 11.8 Å². The van der Waals surface area contributed by atoms with Gasteiger partial charge in [0.25, 0.3) is 0 Å².